The van der Waals surface area contributed by atoms with Gasteiger partial charge < -0.3 is 10.6 Å². The zero-order chi connectivity index (χ0) is 21.0. The second-order valence-corrected chi connectivity index (χ2v) is 6.42. The monoisotopic (exact) mass is 400 g/mol. The van der Waals surface area contributed by atoms with Gasteiger partial charge in [0.15, 0.2) is 0 Å². The lowest BCUT2D eigenvalue weighted by molar-refractivity contribution is -0.137. The highest BCUT2D eigenvalue weighted by Crippen LogP contribution is 2.29. The fraction of sp³-hybridized carbons (Fsp3) is 0.190. The minimum Gasteiger partial charge on any atom is -0.340 e. The van der Waals surface area contributed by atoms with Gasteiger partial charge >= 0.3 is 6.18 Å². The van der Waals surface area contributed by atoms with Gasteiger partial charge in [-0.1, -0.05) is 13.0 Å². The number of alkyl halides is 3. The predicted octanol–water partition coefficient (Wildman–Crippen LogP) is 5.36. The van der Waals surface area contributed by atoms with Crippen molar-refractivity contribution >= 4 is 23.1 Å². The summed E-state index contributed by atoms with van der Waals surface area (Å²) < 4.78 is 38.1. The van der Waals surface area contributed by atoms with Crippen LogP contribution in [0.4, 0.5) is 30.4 Å². The molecule has 0 fully saturated rings. The van der Waals surface area contributed by atoms with Crippen molar-refractivity contribution in [2.75, 3.05) is 10.6 Å². The Morgan fingerprint density at radius 3 is 2.38 bits per heavy atom. The second-order valence-electron chi connectivity index (χ2n) is 6.42. The fourth-order valence-corrected chi connectivity index (χ4v) is 2.75. The molecule has 0 bridgehead atoms. The number of benzene rings is 2. The van der Waals surface area contributed by atoms with E-state index in [0.29, 0.717) is 23.6 Å². The zero-order valence-electron chi connectivity index (χ0n) is 15.8. The molecule has 3 aromatic rings. The summed E-state index contributed by atoms with van der Waals surface area (Å²) in [5, 5.41) is 5.93. The summed E-state index contributed by atoms with van der Waals surface area (Å²) in [6.07, 6.45) is -2.31. The molecule has 5 nitrogen and oxygen atoms in total. The van der Waals surface area contributed by atoms with Crippen LogP contribution in [0.1, 0.15) is 34.1 Å². The highest BCUT2D eigenvalue weighted by molar-refractivity contribution is 6.05. The Morgan fingerprint density at radius 1 is 1.03 bits per heavy atom. The first-order chi connectivity index (χ1) is 13.8. The van der Waals surface area contributed by atoms with E-state index in [2.05, 4.69) is 20.6 Å². The number of nitrogens with one attached hydrogen (secondary N) is 2. The number of aryl methyl sites for hydroxylation is 2. The van der Waals surface area contributed by atoms with Crippen molar-refractivity contribution in [3.63, 3.8) is 0 Å². The van der Waals surface area contributed by atoms with E-state index in [-0.39, 0.29) is 5.56 Å². The van der Waals surface area contributed by atoms with Crippen LogP contribution in [0.2, 0.25) is 0 Å². The van der Waals surface area contributed by atoms with Crippen molar-refractivity contribution in [1.29, 1.82) is 0 Å². The Hall–Kier alpha value is -3.42. The third-order valence-electron chi connectivity index (χ3n) is 4.29. The van der Waals surface area contributed by atoms with Gasteiger partial charge in [0.2, 0.25) is 0 Å². The van der Waals surface area contributed by atoms with Gasteiger partial charge in [0.05, 0.1) is 5.56 Å². The molecule has 150 valence electrons. The number of aromatic nitrogens is 2. The number of carbonyl (C=O) groups excluding carboxylic acids is 1. The Balaban J connectivity index is 1.81. The Bertz CT molecular complexity index is 1020. The van der Waals surface area contributed by atoms with Crippen molar-refractivity contribution in [3.8, 4) is 0 Å². The number of carbonyl (C=O) groups is 1. The molecule has 1 amide bonds. The van der Waals surface area contributed by atoms with Crippen LogP contribution in [0.25, 0.3) is 0 Å². The van der Waals surface area contributed by atoms with Gasteiger partial charge in [-0.25, -0.2) is 9.97 Å². The van der Waals surface area contributed by atoms with Crippen LogP contribution >= 0.6 is 0 Å². The maximum absolute atomic E-state index is 12.7. The smallest absolute Gasteiger partial charge is 0.340 e. The van der Waals surface area contributed by atoms with E-state index in [9.17, 15) is 18.0 Å². The molecule has 0 saturated carbocycles. The molecule has 0 aliphatic heterocycles. The summed E-state index contributed by atoms with van der Waals surface area (Å²) in [4.78, 5) is 20.7. The van der Waals surface area contributed by atoms with Crippen LogP contribution in [0, 0.1) is 6.92 Å². The highest BCUT2D eigenvalue weighted by Gasteiger charge is 2.30. The number of hydrogen-bond donors (Lipinski definition) is 2. The Kier molecular flexibility index (Phi) is 5.81. The average molecular weight is 400 g/mol. The van der Waals surface area contributed by atoms with E-state index >= 15 is 0 Å². The molecule has 1 heterocycles. The van der Waals surface area contributed by atoms with Crippen molar-refractivity contribution < 1.29 is 18.0 Å². The molecule has 2 aromatic carbocycles. The zero-order valence-corrected chi connectivity index (χ0v) is 15.8. The topological polar surface area (TPSA) is 66.9 Å². The van der Waals surface area contributed by atoms with E-state index in [0.717, 1.165) is 35.5 Å². The van der Waals surface area contributed by atoms with Gasteiger partial charge in [0, 0.05) is 28.7 Å². The minimum atomic E-state index is -4.44. The van der Waals surface area contributed by atoms with Crippen molar-refractivity contribution in [2.45, 2.75) is 26.4 Å². The first-order valence-electron chi connectivity index (χ1n) is 8.93. The predicted molar refractivity (Wildman–Crippen MR) is 105 cm³/mol. The molecule has 0 aliphatic rings. The van der Waals surface area contributed by atoms with Crippen LogP contribution in [0.5, 0.6) is 0 Å². The Labute approximate surface area is 166 Å². The average Bonchev–Trinajstić information content (AvgIpc) is 2.68. The van der Waals surface area contributed by atoms with Gasteiger partial charge in [-0.3, -0.25) is 4.79 Å². The van der Waals surface area contributed by atoms with E-state index < -0.39 is 17.6 Å². The lowest BCUT2D eigenvalue weighted by Gasteiger charge is -2.14. The third kappa shape index (κ3) is 5.10. The summed E-state index contributed by atoms with van der Waals surface area (Å²) in [5.41, 5.74) is 2.34. The molecular formula is C21H19F3N4O. The van der Waals surface area contributed by atoms with Gasteiger partial charge in [-0.15, -0.1) is 0 Å². The lowest BCUT2D eigenvalue weighted by Crippen LogP contribution is -2.14. The molecular weight excluding hydrogens is 381 g/mol. The van der Waals surface area contributed by atoms with Crippen LogP contribution in [0.15, 0.2) is 54.9 Å². The van der Waals surface area contributed by atoms with Gasteiger partial charge in [-0.05, 0) is 55.3 Å². The van der Waals surface area contributed by atoms with Gasteiger partial charge in [0.1, 0.15) is 12.1 Å². The standard InChI is InChI=1S/C21H19F3N4O/c1-3-14-6-9-17(27-19-10-13(2)25-12-26-19)11-18(14)28-20(29)15-4-7-16(8-5-15)21(22,23)24/h4-12H,3H2,1-2H3,(H,28,29)(H,25,26,27). The first-order valence-corrected chi connectivity index (χ1v) is 8.93. The number of hydrogen-bond acceptors (Lipinski definition) is 4. The minimum absolute atomic E-state index is 0.143. The summed E-state index contributed by atoms with van der Waals surface area (Å²) in [5.74, 6) is 0.130. The SMILES string of the molecule is CCc1ccc(Nc2cc(C)ncn2)cc1NC(=O)c1ccc(C(F)(F)F)cc1. The van der Waals surface area contributed by atoms with E-state index in [1.807, 2.05) is 26.0 Å². The number of halogens is 3. The van der Waals surface area contributed by atoms with E-state index in [4.69, 9.17) is 0 Å². The van der Waals surface area contributed by atoms with Gasteiger partial charge in [0.25, 0.3) is 5.91 Å². The normalized spacial score (nSPS) is 11.2. The van der Waals surface area contributed by atoms with E-state index in [1.54, 1.807) is 12.1 Å². The molecule has 0 unspecified atom stereocenters. The quantitative estimate of drug-likeness (QED) is 0.605. The molecule has 3 rings (SSSR count). The maximum Gasteiger partial charge on any atom is 0.416 e. The number of nitrogens with zero attached hydrogens (tertiary/aromatic N) is 2. The molecule has 0 aliphatic carbocycles. The number of rotatable bonds is 5. The molecule has 29 heavy (non-hydrogen) atoms. The third-order valence-corrected chi connectivity index (χ3v) is 4.29. The molecule has 1 aromatic heterocycles. The van der Waals surface area contributed by atoms with Crippen LogP contribution in [0.3, 0.4) is 0 Å². The number of amides is 1. The number of anilines is 3. The molecule has 2 N–H and O–H groups in total. The van der Waals surface area contributed by atoms with Crippen molar-refractivity contribution in [2.24, 2.45) is 0 Å². The van der Waals surface area contributed by atoms with Crippen molar-refractivity contribution in [3.05, 3.63) is 77.2 Å². The molecule has 0 saturated heterocycles. The molecule has 0 radical (unpaired) electrons. The highest BCUT2D eigenvalue weighted by atomic mass is 19.4. The summed E-state index contributed by atoms with van der Waals surface area (Å²) in [6.45, 7) is 3.80. The summed E-state index contributed by atoms with van der Waals surface area (Å²) in [7, 11) is 0. The van der Waals surface area contributed by atoms with Gasteiger partial charge in [-0.2, -0.15) is 13.2 Å². The molecule has 0 atom stereocenters. The Morgan fingerprint density at radius 2 is 1.76 bits per heavy atom. The molecule has 0 spiro atoms. The van der Waals surface area contributed by atoms with Crippen LogP contribution < -0.4 is 10.6 Å². The maximum atomic E-state index is 12.7. The van der Waals surface area contributed by atoms with Crippen molar-refractivity contribution in [1.82, 2.24) is 9.97 Å². The van der Waals surface area contributed by atoms with E-state index in [1.165, 1.54) is 6.33 Å². The van der Waals surface area contributed by atoms with Crippen LogP contribution in [-0.2, 0) is 12.6 Å². The summed E-state index contributed by atoms with van der Waals surface area (Å²) >= 11 is 0. The lowest BCUT2D eigenvalue weighted by atomic mass is 10.1. The van der Waals surface area contributed by atoms with Crippen LogP contribution in [-0.4, -0.2) is 15.9 Å². The summed E-state index contributed by atoms with van der Waals surface area (Å²) in [6, 6.07) is 11.4. The second kappa shape index (κ2) is 8.30. The first kappa shape index (κ1) is 20.3. The largest absolute Gasteiger partial charge is 0.416 e. The molecule has 8 heteroatoms. The fourth-order valence-electron chi connectivity index (χ4n) is 2.75.